The van der Waals surface area contributed by atoms with Gasteiger partial charge >= 0.3 is 0 Å². The second-order valence-electron chi connectivity index (χ2n) is 7.18. The largest absolute Gasteiger partial charge is 0.367 e. The van der Waals surface area contributed by atoms with E-state index in [1.807, 2.05) is 7.05 Å². The average Bonchev–Trinajstić information content (AvgIpc) is 3.07. The predicted octanol–water partition coefficient (Wildman–Crippen LogP) is 1.46. The van der Waals surface area contributed by atoms with Crippen molar-refractivity contribution in [3.8, 4) is 0 Å². The normalized spacial score (nSPS) is 24.1. The van der Waals surface area contributed by atoms with Gasteiger partial charge in [0.2, 0.25) is 0 Å². The van der Waals surface area contributed by atoms with Crippen LogP contribution in [0.3, 0.4) is 0 Å². The van der Waals surface area contributed by atoms with Crippen molar-refractivity contribution in [2.75, 3.05) is 26.0 Å². The summed E-state index contributed by atoms with van der Waals surface area (Å²) >= 11 is 1.66. The summed E-state index contributed by atoms with van der Waals surface area (Å²) in [6.07, 6.45) is 6.82. The van der Waals surface area contributed by atoms with E-state index in [0.717, 1.165) is 47.3 Å². The third-order valence-corrected chi connectivity index (χ3v) is 8.37. The number of thiophene rings is 1. The minimum Gasteiger partial charge on any atom is -0.367 e. The first-order valence-electron chi connectivity index (χ1n) is 9.39. The molecule has 2 aliphatic rings. The van der Waals surface area contributed by atoms with E-state index in [1.54, 1.807) is 17.7 Å². The molecule has 0 unspecified atom stereocenters. The molecule has 8 nitrogen and oxygen atoms in total. The maximum atomic E-state index is 12.2. The first-order chi connectivity index (χ1) is 13.0. The minimum absolute atomic E-state index is 0.368. The van der Waals surface area contributed by atoms with Crippen molar-refractivity contribution < 1.29 is 8.42 Å². The number of nitrogens with one attached hydrogen (secondary N) is 3. The maximum Gasteiger partial charge on any atom is 0.279 e. The van der Waals surface area contributed by atoms with Crippen LogP contribution in [0.5, 0.6) is 0 Å². The highest BCUT2D eigenvalue weighted by Crippen LogP contribution is 2.38. The second-order valence-corrected chi connectivity index (χ2v) is 10.1. The lowest BCUT2D eigenvalue weighted by atomic mass is 9.91. The quantitative estimate of drug-likeness (QED) is 0.690. The molecule has 2 aromatic rings. The number of aromatic nitrogens is 2. The highest BCUT2D eigenvalue weighted by atomic mass is 32.2. The van der Waals surface area contributed by atoms with E-state index in [0.29, 0.717) is 31.6 Å². The summed E-state index contributed by atoms with van der Waals surface area (Å²) in [6.45, 7) is 0.861. The van der Waals surface area contributed by atoms with Crippen molar-refractivity contribution in [3.05, 3.63) is 16.8 Å². The van der Waals surface area contributed by atoms with Crippen LogP contribution >= 0.6 is 11.3 Å². The van der Waals surface area contributed by atoms with Crippen molar-refractivity contribution in [2.45, 2.75) is 50.7 Å². The molecule has 0 saturated heterocycles. The first kappa shape index (κ1) is 19.0. The number of fused-ring (bicyclic) bond motifs is 3. The molecule has 10 heteroatoms. The van der Waals surface area contributed by atoms with E-state index in [4.69, 9.17) is 0 Å². The number of hydrogen-bond donors (Lipinski definition) is 3. The lowest BCUT2D eigenvalue weighted by Crippen LogP contribution is -2.41. The third kappa shape index (κ3) is 3.68. The van der Waals surface area contributed by atoms with E-state index in [2.05, 4.69) is 25.3 Å². The van der Waals surface area contributed by atoms with Gasteiger partial charge in [-0.3, -0.25) is 0 Å². The Morgan fingerprint density at radius 2 is 1.89 bits per heavy atom. The van der Waals surface area contributed by atoms with Crippen LogP contribution in [0.15, 0.2) is 6.33 Å². The van der Waals surface area contributed by atoms with E-state index in [9.17, 15) is 8.42 Å². The first-order valence-corrected chi connectivity index (χ1v) is 11.6. The molecule has 1 fully saturated rings. The van der Waals surface area contributed by atoms with Gasteiger partial charge in [-0.05, 0) is 44.7 Å². The molecule has 3 heterocycles. The van der Waals surface area contributed by atoms with Crippen LogP contribution in [0.4, 0.5) is 5.82 Å². The SMILES string of the molecule is CNC1CCC(Nc2ncnc3sc4c(c23)CN(S(=O)(=O)NC)CC4)CC1. The van der Waals surface area contributed by atoms with Crippen LogP contribution in [0, 0.1) is 0 Å². The highest BCUT2D eigenvalue weighted by molar-refractivity contribution is 7.87. The summed E-state index contributed by atoms with van der Waals surface area (Å²) < 4.78 is 28.4. The molecule has 4 rings (SSSR count). The van der Waals surface area contributed by atoms with Crippen LogP contribution in [-0.2, 0) is 23.2 Å². The Kier molecular flexibility index (Phi) is 5.34. The molecule has 0 spiro atoms. The van der Waals surface area contributed by atoms with Gasteiger partial charge < -0.3 is 10.6 Å². The van der Waals surface area contributed by atoms with E-state index < -0.39 is 10.2 Å². The van der Waals surface area contributed by atoms with Gasteiger partial charge in [-0.15, -0.1) is 11.3 Å². The number of nitrogens with zero attached hydrogens (tertiary/aromatic N) is 3. The zero-order valence-electron chi connectivity index (χ0n) is 15.7. The molecular weight excluding hydrogens is 384 g/mol. The van der Waals surface area contributed by atoms with Crippen LogP contribution in [-0.4, -0.2) is 55.4 Å². The average molecular weight is 411 g/mol. The molecule has 1 aliphatic heterocycles. The van der Waals surface area contributed by atoms with Crippen LogP contribution in [0.25, 0.3) is 10.2 Å². The fraction of sp³-hybridized carbons (Fsp3) is 0.647. The van der Waals surface area contributed by atoms with Gasteiger partial charge in [0.1, 0.15) is 17.0 Å². The Hall–Kier alpha value is -1.33. The van der Waals surface area contributed by atoms with Gasteiger partial charge in [-0.1, -0.05) is 0 Å². The highest BCUT2D eigenvalue weighted by Gasteiger charge is 2.30. The Morgan fingerprint density at radius 1 is 1.15 bits per heavy atom. The van der Waals surface area contributed by atoms with E-state index >= 15 is 0 Å². The van der Waals surface area contributed by atoms with E-state index in [-0.39, 0.29) is 0 Å². The topological polar surface area (TPSA) is 99.2 Å². The summed E-state index contributed by atoms with van der Waals surface area (Å²) in [7, 11) is 0.0355. The van der Waals surface area contributed by atoms with Gasteiger partial charge in [0.05, 0.1) is 5.39 Å². The van der Waals surface area contributed by atoms with Crippen LogP contribution < -0.4 is 15.4 Å². The van der Waals surface area contributed by atoms with Gasteiger partial charge in [0.15, 0.2) is 0 Å². The molecule has 1 saturated carbocycles. The molecule has 0 amide bonds. The lowest BCUT2D eigenvalue weighted by Gasteiger charge is -2.29. The summed E-state index contributed by atoms with van der Waals surface area (Å²) in [5.74, 6) is 0.842. The Morgan fingerprint density at radius 3 is 2.59 bits per heavy atom. The number of anilines is 1. The minimum atomic E-state index is -3.44. The Labute approximate surface area is 164 Å². The van der Waals surface area contributed by atoms with Crippen molar-refractivity contribution in [2.24, 2.45) is 0 Å². The Bertz CT molecular complexity index is 921. The third-order valence-electron chi connectivity index (χ3n) is 5.67. The summed E-state index contributed by atoms with van der Waals surface area (Å²) in [4.78, 5) is 11.1. The number of hydrogen-bond acceptors (Lipinski definition) is 7. The molecule has 148 valence electrons. The fourth-order valence-corrected chi connectivity index (χ4v) is 6.08. The van der Waals surface area contributed by atoms with Crippen molar-refractivity contribution in [1.82, 2.24) is 24.3 Å². The lowest BCUT2D eigenvalue weighted by molar-refractivity contribution is 0.371. The zero-order chi connectivity index (χ0) is 19.0. The van der Waals surface area contributed by atoms with Gasteiger partial charge in [-0.2, -0.15) is 12.7 Å². The van der Waals surface area contributed by atoms with Crippen molar-refractivity contribution in [3.63, 3.8) is 0 Å². The molecule has 27 heavy (non-hydrogen) atoms. The smallest absolute Gasteiger partial charge is 0.279 e. The van der Waals surface area contributed by atoms with Crippen molar-refractivity contribution >= 4 is 37.6 Å². The molecule has 0 bridgehead atoms. The van der Waals surface area contributed by atoms with Crippen molar-refractivity contribution in [1.29, 1.82) is 0 Å². The second kappa shape index (κ2) is 7.59. The monoisotopic (exact) mass is 410 g/mol. The summed E-state index contributed by atoms with van der Waals surface area (Å²) in [6, 6.07) is 0.992. The van der Waals surface area contributed by atoms with Gasteiger partial charge in [0, 0.05) is 37.1 Å². The molecular formula is C17H26N6O2S2. The Balaban J connectivity index is 1.63. The maximum absolute atomic E-state index is 12.2. The predicted molar refractivity (Wildman–Crippen MR) is 108 cm³/mol. The molecule has 0 radical (unpaired) electrons. The van der Waals surface area contributed by atoms with Gasteiger partial charge in [-0.25, -0.2) is 14.7 Å². The zero-order valence-corrected chi connectivity index (χ0v) is 17.3. The molecule has 2 aromatic heterocycles. The molecule has 3 N–H and O–H groups in total. The van der Waals surface area contributed by atoms with Crippen LogP contribution in [0.2, 0.25) is 0 Å². The summed E-state index contributed by atoms with van der Waals surface area (Å²) in [5.41, 5.74) is 1.05. The standard InChI is InChI=1S/C17H26N6O2S2/c1-18-11-3-5-12(6-4-11)22-16-15-13-9-23(27(24,25)19-2)8-7-14(13)26-17(15)21-10-20-16/h10-12,18-19H,3-9H2,1-2H3,(H,20,21,22). The van der Waals surface area contributed by atoms with E-state index in [1.165, 1.54) is 16.2 Å². The van der Waals surface area contributed by atoms with Crippen LogP contribution in [0.1, 0.15) is 36.1 Å². The molecule has 0 atom stereocenters. The molecule has 1 aliphatic carbocycles. The summed E-state index contributed by atoms with van der Waals surface area (Å²) in [5, 5.41) is 7.97. The number of rotatable bonds is 5. The molecule has 0 aromatic carbocycles. The van der Waals surface area contributed by atoms with Gasteiger partial charge in [0.25, 0.3) is 10.2 Å². The fourth-order valence-electron chi connectivity index (χ4n) is 4.05.